The van der Waals surface area contributed by atoms with E-state index in [-0.39, 0.29) is 11.9 Å². The van der Waals surface area contributed by atoms with Crippen molar-refractivity contribution in [3.63, 3.8) is 0 Å². The molecule has 0 amide bonds. The van der Waals surface area contributed by atoms with Crippen molar-refractivity contribution in [3.8, 4) is 0 Å². The van der Waals surface area contributed by atoms with Crippen molar-refractivity contribution in [2.75, 3.05) is 25.1 Å². The van der Waals surface area contributed by atoms with Crippen LogP contribution in [0.4, 0.5) is 14.5 Å². The van der Waals surface area contributed by atoms with Gasteiger partial charge in [0.05, 0.1) is 13.0 Å². The van der Waals surface area contributed by atoms with E-state index in [1.54, 1.807) is 6.07 Å². The Morgan fingerprint density at radius 1 is 1.20 bits per heavy atom. The van der Waals surface area contributed by atoms with Crippen LogP contribution in [0.2, 0.25) is 0 Å². The van der Waals surface area contributed by atoms with Crippen LogP contribution >= 0.6 is 0 Å². The van der Waals surface area contributed by atoms with Crippen molar-refractivity contribution in [2.24, 2.45) is 5.92 Å². The number of piperidine rings is 1. The Labute approximate surface area is 118 Å². The summed E-state index contributed by atoms with van der Waals surface area (Å²) in [5.41, 5.74) is 0.650. The minimum Gasteiger partial charge on any atom is -0.469 e. The second kappa shape index (κ2) is 7.82. The summed E-state index contributed by atoms with van der Waals surface area (Å²) in [6.07, 6.45) is 1.34. The largest absolute Gasteiger partial charge is 0.469 e. The Hall–Kier alpha value is -1.65. The highest BCUT2D eigenvalue weighted by molar-refractivity contribution is 5.72. The minimum atomic E-state index is -0.845. The predicted octanol–water partition coefficient (Wildman–Crippen LogP) is 3.38. The minimum absolute atomic E-state index is 0.0865. The third kappa shape index (κ3) is 3.92. The molecule has 2 rings (SSSR count). The zero-order valence-electron chi connectivity index (χ0n) is 12.2. The highest BCUT2D eigenvalue weighted by Gasteiger charge is 2.25. The van der Waals surface area contributed by atoms with E-state index in [9.17, 15) is 13.6 Å². The van der Waals surface area contributed by atoms with E-state index in [2.05, 4.69) is 0 Å². The number of anilines is 1. The SMILES string of the molecule is CC.COC(=O)C1CCN(c2ccc(F)c(F)c2)CC1. The number of benzene rings is 1. The Kier molecular flexibility index (Phi) is 6.42. The molecule has 0 aromatic heterocycles. The molecular weight excluding hydrogens is 264 g/mol. The lowest BCUT2D eigenvalue weighted by molar-refractivity contribution is -0.146. The number of carbonyl (C=O) groups excluding carboxylic acids is 1. The van der Waals surface area contributed by atoms with E-state index in [1.165, 1.54) is 13.2 Å². The number of methoxy groups -OCH3 is 1. The van der Waals surface area contributed by atoms with Gasteiger partial charge >= 0.3 is 5.97 Å². The molecule has 5 heteroatoms. The molecule has 3 nitrogen and oxygen atoms in total. The molecule has 0 spiro atoms. The van der Waals surface area contributed by atoms with Gasteiger partial charge in [-0.15, -0.1) is 0 Å². The first kappa shape index (κ1) is 16.4. The molecule has 0 aliphatic carbocycles. The van der Waals surface area contributed by atoms with Crippen LogP contribution in [-0.2, 0) is 9.53 Å². The van der Waals surface area contributed by atoms with Crippen molar-refractivity contribution < 1.29 is 18.3 Å². The van der Waals surface area contributed by atoms with Gasteiger partial charge in [-0.1, -0.05) is 13.8 Å². The number of halogens is 2. The lowest BCUT2D eigenvalue weighted by Gasteiger charge is -2.32. The quantitative estimate of drug-likeness (QED) is 0.780. The monoisotopic (exact) mass is 285 g/mol. The van der Waals surface area contributed by atoms with Gasteiger partial charge < -0.3 is 9.64 Å². The van der Waals surface area contributed by atoms with Crippen LogP contribution in [0.5, 0.6) is 0 Å². The fourth-order valence-electron chi connectivity index (χ4n) is 2.22. The van der Waals surface area contributed by atoms with Gasteiger partial charge in [-0.25, -0.2) is 8.78 Å². The second-order valence-corrected chi connectivity index (χ2v) is 4.38. The molecule has 1 saturated heterocycles. The molecule has 0 unspecified atom stereocenters. The normalized spacial score (nSPS) is 15.3. The lowest BCUT2D eigenvalue weighted by atomic mass is 9.96. The topological polar surface area (TPSA) is 29.5 Å². The van der Waals surface area contributed by atoms with Crippen molar-refractivity contribution in [1.29, 1.82) is 0 Å². The number of hydrogen-bond donors (Lipinski definition) is 0. The van der Waals surface area contributed by atoms with Crippen LogP contribution in [-0.4, -0.2) is 26.2 Å². The summed E-state index contributed by atoms with van der Waals surface area (Å²) in [7, 11) is 1.38. The molecule has 0 radical (unpaired) electrons. The molecule has 1 aliphatic rings. The van der Waals surface area contributed by atoms with Gasteiger partial charge in [0.2, 0.25) is 0 Å². The van der Waals surface area contributed by atoms with Gasteiger partial charge in [0.25, 0.3) is 0 Å². The Morgan fingerprint density at radius 3 is 2.30 bits per heavy atom. The van der Waals surface area contributed by atoms with Gasteiger partial charge in [-0.2, -0.15) is 0 Å². The van der Waals surface area contributed by atoms with Crippen molar-refractivity contribution >= 4 is 11.7 Å². The number of hydrogen-bond acceptors (Lipinski definition) is 3. The molecule has 1 aromatic carbocycles. The van der Waals surface area contributed by atoms with Gasteiger partial charge in [0, 0.05) is 24.8 Å². The fourth-order valence-corrected chi connectivity index (χ4v) is 2.22. The molecule has 1 heterocycles. The lowest BCUT2D eigenvalue weighted by Crippen LogP contribution is -2.36. The van der Waals surface area contributed by atoms with E-state index in [1.807, 2.05) is 18.7 Å². The molecule has 0 saturated carbocycles. The van der Waals surface area contributed by atoms with Crippen LogP contribution in [0, 0.1) is 17.6 Å². The third-order valence-electron chi connectivity index (χ3n) is 3.30. The van der Waals surface area contributed by atoms with E-state index >= 15 is 0 Å². The summed E-state index contributed by atoms with van der Waals surface area (Å²) >= 11 is 0. The molecule has 1 aromatic rings. The van der Waals surface area contributed by atoms with Crippen LogP contribution in [0.25, 0.3) is 0 Å². The first-order valence-electron chi connectivity index (χ1n) is 6.89. The van der Waals surface area contributed by atoms with Crippen LogP contribution in [0.3, 0.4) is 0 Å². The van der Waals surface area contributed by atoms with Crippen LogP contribution < -0.4 is 4.90 Å². The van der Waals surface area contributed by atoms with E-state index < -0.39 is 11.6 Å². The summed E-state index contributed by atoms with van der Waals surface area (Å²) in [4.78, 5) is 13.3. The molecule has 1 fully saturated rings. The van der Waals surface area contributed by atoms with Gasteiger partial charge in [0.15, 0.2) is 11.6 Å². The summed E-state index contributed by atoms with van der Waals surface area (Å²) in [5, 5.41) is 0. The molecule has 0 N–H and O–H groups in total. The van der Waals surface area contributed by atoms with Crippen LogP contribution in [0.15, 0.2) is 18.2 Å². The number of nitrogens with zero attached hydrogens (tertiary/aromatic N) is 1. The van der Waals surface area contributed by atoms with E-state index in [0.717, 1.165) is 6.07 Å². The maximum atomic E-state index is 13.1. The zero-order valence-corrected chi connectivity index (χ0v) is 12.2. The fraction of sp³-hybridized carbons (Fsp3) is 0.533. The number of esters is 1. The number of rotatable bonds is 2. The summed E-state index contributed by atoms with van der Waals surface area (Å²) < 4.78 is 30.6. The van der Waals surface area contributed by atoms with Crippen molar-refractivity contribution in [3.05, 3.63) is 29.8 Å². The first-order valence-corrected chi connectivity index (χ1v) is 6.89. The molecular formula is C15H21F2NO2. The van der Waals surface area contributed by atoms with E-state index in [0.29, 0.717) is 31.6 Å². The average Bonchev–Trinajstić information content (AvgIpc) is 2.51. The second-order valence-electron chi connectivity index (χ2n) is 4.38. The van der Waals surface area contributed by atoms with Crippen molar-refractivity contribution in [1.82, 2.24) is 0 Å². The number of carbonyl (C=O) groups is 1. The zero-order chi connectivity index (χ0) is 15.1. The molecule has 0 bridgehead atoms. The summed E-state index contributed by atoms with van der Waals surface area (Å²) in [5.74, 6) is -1.97. The smallest absolute Gasteiger partial charge is 0.308 e. The standard InChI is InChI=1S/C13H15F2NO2.C2H6/c1-18-13(17)9-4-6-16(7-5-9)10-2-3-11(14)12(15)8-10;1-2/h2-3,8-9H,4-7H2,1H3;1-2H3. The molecule has 112 valence electrons. The number of ether oxygens (including phenoxy) is 1. The molecule has 20 heavy (non-hydrogen) atoms. The summed E-state index contributed by atoms with van der Waals surface area (Å²) in [6, 6.07) is 3.86. The van der Waals surface area contributed by atoms with Gasteiger partial charge in [-0.05, 0) is 25.0 Å². The molecule has 1 aliphatic heterocycles. The first-order chi connectivity index (χ1) is 9.61. The predicted molar refractivity (Wildman–Crippen MR) is 74.7 cm³/mol. The highest BCUT2D eigenvalue weighted by atomic mass is 19.2. The Bertz CT molecular complexity index is 443. The van der Waals surface area contributed by atoms with Gasteiger partial charge in [0.1, 0.15) is 0 Å². The average molecular weight is 285 g/mol. The van der Waals surface area contributed by atoms with Gasteiger partial charge in [-0.3, -0.25) is 4.79 Å². The Morgan fingerprint density at radius 2 is 1.80 bits per heavy atom. The maximum Gasteiger partial charge on any atom is 0.308 e. The van der Waals surface area contributed by atoms with Crippen molar-refractivity contribution in [2.45, 2.75) is 26.7 Å². The highest BCUT2D eigenvalue weighted by Crippen LogP contribution is 2.25. The molecule has 0 atom stereocenters. The Balaban J connectivity index is 0.000000956. The third-order valence-corrected chi connectivity index (χ3v) is 3.30. The van der Waals surface area contributed by atoms with E-state index in [4.69, 9.17) is 4.74 Å². The summed E-state index contributed by atoms with van der Waals surface area (Å²) in [6.45, 7) is 5.29. The van der Waals surface area contributed by atoms with Crippen LogP contribution in [0.1, 0.15) is 26.7 Å². The maximum absolute atomic E-state index is 13.1.